The highest BCUT2D eigenvalue weighted by Crippen LogP contribution is 2.16. The number of nitro benzene ring substituents is 1. The molecule has 102 valence electrons. The molecule has 1 aromatic heterocycles. The van der Waals surface area contributed by atoms with Crippen molar-refractivity contribution in [1.29, 1.82) is 0 Å². The molecule has 2 rings (SSSR count). The van der Waals surface area contributed by atoms with Gasteiger partial charge in [0.05, 0.1) is 4.92 Å². The van der Waals surface area contributed by atoms with E-state index in [1.165, 1.54) is 24.4 Å². The molecule has 20 heavy (non-hydrogen) atoms. The average Bonchev–Trinajstić information content (AvgIpc) is 2.41. The fraction of sp³-hybridized carbons (Fsp3) is 0.0769. The molecule has 0 saturated carbocycles. The van der Waals surface area contributed by atoms with Crippen LogP contribution in [0.3, 0.4) is 0 Å². The summed E-state index contributed by atoms with van der Waals surface area (Å²) in [5.41, 5.74) is 1.78. The monoisotopic (exact) mass is 274 g/mol. The predicted molar refractivity (Wildman–Crippen MR) is 68.8 cm³/mol. The van der Waals surface area contributed by atoms with Crippen LogP contribution >= 0.6 is 0 Å². The minimum absolute atomic E-state index is 0.00458. The number of pyridine rings is 1. The first-order valence-corrected chi connectivity index (χ1v) is 5.63. The third kappa shape index (κ3) is 3.52. The first-order valence-electron chi connectivity index (χ1n) is 5.63. The van der Waals surface area contributed by atoms with Gasteiger partial charge in [0.1, 0.15) is 0 Å². The van der Waals surface area contributed by atoms with Gasteiger partial charge >= 0.3 is 6.16 Å². The van der Waals surface area contributed by atoms with Crippen LogP contribution in [-0.4, -0.2) is 21.2 Å². The molecule has 7 nitrogen and oxygen atoms in total. The fourth-order valence-electron chi connectivity index (χ4n) is 1.64. The summed E-state index contributed by atoms with van der Waals surface area (Å²) in [7, 11) is 0. The van der Waals surface area contributed by atoms with Crippen molar-refractivity contribution in [2.24, 2.45) is 0 Å². The lowest BCUT2D eigenvalue weighted by molar-refractivity contribution is -0.384. The molecule has 1 aromatic carbocycles. The minimum atomic E-state index is -1.42. The number of nitro groups is 1. The van der Waals surface area contributed by atoms with Gasteiger partial charge in [0.15, 0.2) is 0 Å². The molecule has 1 heterocycles. The SMILES string of the molecule is O=C(O)Oc1ccc(Cc2ccc([N+](=O)[O-])cc2)cn1. The quantitative estimate of drug-likeness (QED) is 0.522. The second kappa shape index (κ2) is 5.79. The number of ether oxygens (including phenoxy) is 1. The number of benzene rings is 1. The van der Waals surface area contributed by atoms with Gasteiger partial charge in [-0.05, 0) is 17.5 Å². The van der Waals surface area contributed by atoms with Crippen molar-refractivity contribution >= 4 is 11.8 Å². The van der Waals surface area contributed by atoms with E-state index in [2.05, 4.69) is 9.72 Å². The van der Waals surface area contributed by atoms with Crippen LogP contribution in [0.2, 0.25) is 0 Å². The van der Waals surface area contributed by atoms with Gasteiger partial charge in [0.25, 0.3) is 5.69 Å². The van der Waals surface area contributed by atoms with E-state index in [0.29, 0.717) is 6.42 Å². The van der Waals surface area contributed by atoms with Crippen LogP contribution in [0, 0.1) is 10.1 Å². The third-order valence-electron chi connectivity index (χ3n) is 2.54. The molecule has 0 atom stereocenters. The maximum absolute atomic E-state index is 10.5. The highest BCUT2D eigenvalue weighted by atomic mass is 16.7. The zero-order chi connectivity index (χ0) is 14.5. The third-order valence-corrected chi connectivity index (χ3v) is 2.54. The number of carboxylic acid groups (broad SMARTS) is 1. The Labute approximate surface area is 113 Å². The smallest absolute Gasteiger partial charge is 0.449 e. The summed E-state index contributed by atoms with van der Waals surface area (Å²) in [6.07, 6.45) is 0.624. The van der Waals surface area contributed by atoms with Gasteiger partial charge in [-0.2, -0.15) is 0 Å². The Hall–Kier alpha value is -2.96. The van der Waals surface area contributed by atoms with Crippen LogP contribution in [0.5, 0.6) is 5.88 Å². The van der Waals surface area contributed by atoms with Crippen molar-refractivity contribution < 1.29 is 19.6 Å². The van der Waals surface area contributed by atoms with Crippen LogP contribution in [0.4, 0.5) is 10.5 Å². The van der Waals surface area contributed by atoms with E-state index < -0.39 is 11.1 Å². The lowest BCUT2D eigenvalue weighted by Crippen LogP contribution is -2.04. The summed E-state index contributed by atoms with van der Waals surface area (Å²) in [4.78, 5) is 24.2. The van der Waals surface area contributed by atoms with E-state index in [1.54, 1.807) is 18.2 Å². The van der Waals surface area contributed by atoms with E-state index >= 15 is 0 Å². The van der Waals surface area contributed by atoms with Crippen molar-refractivity contribution in [3.8, 4) is 5.88 Å². The molecule has 0 amide bonds. The predicted octanol–water partition coefficient (Wildman–Crippen LogP) is 2.64. The maximum atomic E-state index is 10.5. The maximum Gasteiger partial charge on any atom is 0.512 e. The Morgan fingerprint density at radius 1 is 1.20 bits per heavy atom. The standard InChI is InChI=1S/C13H10N2O5/c16-13(17)20-12-6-3-10(8-14-12)7-9-1-4-11(5-2-9)15(18)19/h1-6,8H,7H2,(H,16,17). The molecule has 2 aromatic rings. The van der Waals surface area contributed by atoms with Crippen LogP contribution in [-0.2, 0) is 6.42 Å². The van der Waals surface area contributed by atoms with Crippen molar-refractivity contribution in [2.75, 3.05) is 0 Å². The molecule has 0 saturated heterocycles. The summed E-state index contributed by atoms with van der Waals surface area (Å²) in [6, 6.07) is 9.34. The zero-order valence-corrected chi connectivity index (χ0v) is 10.2. The number of hydrogen-bond donors (Lipinski definition) is 1. The second-order valence-corrected chi connectivity index (χ2v) is 3.97. The van der Waals surface area contributed by atoms with Gasteiger partial charge in [-0.25, -0.2) is 9.78 Å². The van der Waals surface area contributed by atoms with E-state index in [1.807, 2.05) is 0 Å². The molecular weight excluding hydrogens is 264 g/mol. The van der Waals surface area contributed by atoms with Gasteiger partial charge < -0.3 is 9.84 Å². The van der Waals surface area contributed by atoms with Crippen LogP contribution in [0.25, 0.3) is 0 Å². The molecule has 0 fully saturated rings. The number of rotatable bonds is 4. The van der Waals surface area contributed by atoms with Crippen LogP contribution in [0.1, 0.15) is 11.1 Å². The molecule has 0 aliphatic heterocycles. The topological polar surface area (TPSA) is 103 Å². The van der Waals surface area contributed by atoms with Crippen molar-refractivity contribution in [3.63, 3.8) is 0 Å². The molecule has 0 aliphatic rings. The van der Waals surface area contributed by atoms with Crippen LogP contribution < -0.4 is 4.74 Å². The lowest BCUT2D eigenvalue weighted by Gasteiger charge is -2.03. The Bertz CT molecular complexity index is 622. The average molecular weight is 274 g/mol. The Kier molecular flexibility index (Phi) is 3.90. The summed E-state index contributed by atoms with van der Waals surface area (Å²) in [6.45, 7) is 0. The molecular formula is C13H10N2O5. The zero-order valence-electron chi connectivity index (χ0n) is 10.2. The lowest BCUT2D eigenvalue weighted by atomic mass is 10.1. The van der Waals surface area contributed by atoms with Gasteiger partial charge in [-0.15, -0.1) is 0 Å². The van der Waals surface area contributed by atoms with Gasteiger partial charge in [0, 0.05) is 24.4 Å². The molecule has 0 unspecified atom stereocenters. The normalized spacial score (nSPS) is 10.0. The highest BCUT2D eigenvalue weighted by molar-refractivity contribution is 5.60. The number of nitrogens with zero attached hydrogens (tertiary/aromatic N) is 2. The molecule has 1 N–H and O–H groups in total. The summed E-state index contributed by atoms with van der Waals surface area (Å²) < 4.78 is 4.39. The first-order chi connectivity index (χ1) is 9.54. The van der Waals surface area contributed by atoms with Gasteiger partial charge in [0.2, 0.25) is 5.88 Å². The summed E-state index contributed by atoms with van der Waals surface area (Å²) >= 11 is 0. The molecule has 0 radical (unpaired) electrons. The van der Waals surface area contributed by atoms with Crippen molar-refractivity contribution in [3.05, 3.63) is 63.8 Å². The Balaban J connectivity index is 2.06. The molecule has 7 heteroatoms. The fourth-order valence-corrected chi connectivity index (χ4v) is 1.64. The molecule has 0 aliphatic carbocycles. The number of carbonyl (C=O) groups is 1. The van der Waals surface area contributed by atoms with E-state index in [-0.39, 0.29) is 11.6 Å². The summed E-state index contributed by atoms with van der Waals surface area (Å²) in [5, 5.41) is 19.0. The van der Waals surface area contributed by atoms with Gasteiger partial charge in [-0.1, -0.05) is 18.2 Å². The van der Waals surface area contributed by atoms with Crippen molar-refractivity contribution in [2.45, 2.75) is 6.42 Å². The largest absolute Gasteiger partial charge is 0.512 e. The Morgan fingerprint density at radius 3 is 2.35 bits per heavy atom. The van der Waals surface area contributed by atoms with E-state index in [4.69, 9.17) is 5.11 Å². The van der Waals surface area contributed by atoms with E-state index in [9.17, 15) is 14.9 Å². The number of aromatic nitrogens is 1. The van der Waals surface area contributed by atoms with Gasteiger partial charge in [-0.3, -0.25) is 10.1 Å². The molecule has 0 bridgehead atoms. The van der Waals surface area contributed by atoms with Crippen LogP contribution in [0.15, 0.2) is 42.6 Å². The minimum Gasteiger partial charge on any atom is -0.449 e. The van der Waals surface area contributed by atoms with Crippen molar-refractivity contribution in [1.82, 2.24) is 4.98 Å². The first kappa shape index (κ1) is 13.5. The van der Waals surface area contributed by atoms with E-state index in [0.717, 1.165) is 11.1 Å². The number of non-ortho nitro benzene ring substituents is 1. The number of hydrogen-bond acceptors (Lipinski definition) is 5. The Morgan fingerprint density at radius 2 is 1.85 bits per heavy atom. The second-order valence-electron chi connectivity index (χ2n) is 3.97. The summed E-state index contributed by atoms with van der Waals surface area (Å²) in [5.74, 6) is 0.00458. The molecule has 0 spiro atoms. The highest BCUT2D eigenvalue weighted by Gasteiger charge is 2.05.